The van der Waals surface area contributed by atoms with Crippen molar-refractivity contribution in [3.8, 4) is 0 Å². The Morgan fingerprint density at radius 3 is 2.62 bits per heavy atom. The number of carbonyl (C=O) groups excluding carboxylic acids is 3. The van der Waals surface area contributed by atoms with Gasteiger partial charge in [0.05, 0.1) is 0 Å². The third-order valence-electron chi connectivity index (χ3n) is 2.95. The molecule has 0 atom stereocenters. The average Bonchev–Trinajstić information content (AvgIpc) is 2.53. The highest BCUT2D eigenvalue weighted by atomic mass is 16.2. The van der Waals surface area contributed by atoms with Gasteiger partial charge in [-0.1, -0.05) is 11.6 Å². The van der Waals surface area contributed by atoms with Gasteiger partial charge in [0.15, 0.2) is 0 Å². The molecule has 0 aromatic rings. The molecule has 1 heterocycles. The summed E-state index contributed by atoms with van der Waals surface area (Å²) < 4.78 is 0. The van der Waals surface area contributed by atoms with Gasteiger partial charge in [0.2, 0.25) is 0 Å². The molecule has 16 heavy (non-hydrogen) atoms. The summed E-state index contributed by atoms with van der Waals surface area (Å²) in [6, 6.07) is -0.591. The molecule has 0 bridgehead atoms. The predicted molar refractivity (Wildman–Crippen MR) is 56.4 cm³/mol. The normalized spacial score (nSPS) is 21.1. The van der Waals surface area contributed by atoms with Crippen LogP contribution in [0.4, 0.5) is 4.79 Å². The molecule has 1 fully saturated rings. The number of carbonyl (C=O) groups is 3. The maximum atomic E-state index is 11.3. The van der Waals surface area contributed by atoms with Gasteiger partial charge in [0.25, 0.3) is 0 Å². The highest BCUT2D eigenvalue weighted by molar-refractivity contribution is 6.44. The molecule has 2 aliphatic rings. The molecule has 0 spiro atoms. The largest absolute Gasteiger partial charge is 0.331 e. The molecule has 5 nitrogen and oxygen atoms in total. The first kappa shape index (κ1) is 10.9. The van der Waals surface area contributed by atoms with Crippen LogP contribution in [-0.4, -0.2) is 29.3 Å². The van der Waals surface area contributed by atoms with E-state index in [2.05, 4.69) is 6.08 Å². The number of hydrogen-bond donors (Lipinski definition) is 1. The van der Waals surface area contributed by atoms with Gasteiger partial charge < -0.3 is 0 Å². The van der Waals surface area contributed by atoms with Crippen LogP contribution in [0, 0.1) is 0 Å². The molecule has 0 aromatic carbocycles. The van der Waals surface area contributed by atoms with E-state index in [-0.39, 0.29) is 0 Å². The minimum absolute atomic E-state index is 0.308. The Morgan fingerprint density at radius 2 is 2.06 bits per heavy atom. The summed E-state index contributed by atoms with van der Waals surface area (Å²) in [5, 5.41) is 1.98. The zero-order chi connectivity index (χ0) is 11.5. The van der Waals surface area contributed by atoms with Crippen molar-refractivity contribution in [1.82, 2.24) is 10.2 Å². The van der Waals surface area contributed by atoms with Crippen LogP contribution >= 0.6 is 0 Å². The van der Waals surface area contributed by atoms with Crippen LogP contribution < -0.4 is 5.32 Å². The fourth-order valence-electron chi connectivity index (χ4n) is 2.02. The summed E-state index contributed by atoms with van der Waals surface area (Å²) in [6.07, 6.45) is 7.36. The lowest BCUT2D eigenvalue weighted by Gasteiger charge is -2.15. The number of rotatable bonds is 3. The van der Waals surface area contributed by atoms with E-state index in [1.807, 2.05) is 5.32 Å². The van der Waals surface area contributed by atoms with Crippen molar-refractivity contribution >= 4 is 17.8 Å². The van der Waals surface area contributed by atoms with Crippen LogP contribution in [0.2, 0.25) is 0 Å². The van der Waals surface area contributed by atoms with Crippen LogP contribution in [0.1, 0.15) is 32.1 Å². The van der Waals surface area contributed by atoms with Gasteiger partial charge in [-0.25, -0.2) is 4.79 Å². The maximum absolute atomic E-state index is 11.3. The molecule has 1 aliphatic carbocycles. The Hall–Kier alpha value is -1.65. The highest BCUT2D eigenvalue weighted by Gasteiger charge is 2.36. The molecule has 4 amide bonds. The topological polar surface area (TPSA) is 66.5 Å². The first-order valence-electron chi connectivity index (χ1n) is 5.53. The Kier molecular flexibility index (Phi) is 3.03. The highest BCUT2D eigenvalue weighted by Crippen LogP contribution is 2.20. The third kappa shape index (κ3) is 2.13. The molecule has 1 aliphatic heterocycles. The fourth-order valence-corrected chi connectivity index (χ4v) is 2.02. The Balaban J connectivity index is 1.90. The summed E-state index contributed by atoms with van der Waals surface area (Å²) in [6.45, 7) is 0.308. The second kappa shape index (κ2) is 4.47. The van der Waals surface area contributed by atoms with Crippen molar-refractivity contribution in [2.45, 2.75) is 32.1 Å². The van der Waals surface area contributed by atoms with Crippen molar-refractivity contribution in [2.24, 2.45) is 0 Å². The smallest absolute Gasteiger partial charge is 0.269 e. The molecular weight excluding hydrogens is 208 g/mol. The molecule has 1 N–H and O–H groups in total. The quantitative estimate of drug-likeness (QED) is 0.439. The van der Waals surface area contributed by atoms with Crippen molar-refractivity contribution in [1.29, 1.82) is 0 Å². The number of imide groups is 2. The number of allylic oxidation sites excluding steroid dienone is 1. The van der Waals surface area contributed by atoms with Crippen LogP contribution in [0.3, 0.4) is 0 Å². The molecule has 5 heteroatoms. The number of hydrogen-bond acceptors (Lipinski definition) is 3. The van der Waals surface area contributed by atoms with Gasteiger partial charge in [-0.2, -0.15) is 0 Å². The zero-order valence-electron chi connectivity index (χ0n) is 8.99. The molecule has 2 rings (SSSR count). The van der Waals surface area contributed by atoms with E-state index in [4.69, 9.17) is 0 Å². The molecule has 86 valence electrons. The van der Waals surface area contributed by atoms with Gasteiger partial charge in [0, 0.05) is 6.54 Å². The van der Waals surface area contributed by atoms with Gasteiger partial charge in [-0.15, -0.1) is 0 Å². The number of urea groups is 1. The van der Waals surface area contributed by atoms with Gasteiger partial charge in [-0.05, 0) is 32.1 Å². The Bertz CT molecular complexity index is 373. The minimum atomic E-state index is -0.817. The third-order valence-corrected chi connectivity index (χ3v) is 2.95. The monoisotopic (exact) mass is 222 g/mol. The lowest BCUT2D eigenvalue weighted by molar-refractivity contribution is -0.140. The molecular formula is C11H14N2O3. The van der Waals surface area contributed by atoms with Gasteiger partial charge >= 0.3 is 17.8 Å². The first-order chi connectivity index (χ1) is 7.68. The van der Waals surface area contributed by atoms with Crippen LogP contribution in [0.5, 0.6) is 0 Å². The summed E-state index contributed by atoms with van der Waals surface area (Å²) in [5.41, 5.74) is 1.28. The molecule has 0 unspecified atom stereocenters. The molecule has 0 saturated carbocycles. The number of amides is 4. The van der Waals surface area contributed by atoms with Crippen molar-refractivity contribution in [2.75, 3.05) is 6.54 Å². The van der Waals surface area contributed by atoms with Crippen LogP contribution in [-0.2, 0) is 9.59 Å². The number of nitrogens with one attached hydrogen (secondary N) is 1. The zero-order valence-corrected chi connectivity index (χ0v) is 8.99. The maximum Gasteiger partial charge on any atom is 0.331 e. The Morgan fingerprint density at radius 1 is 1.25 bits per heavy atom. The van der Waals surface area contributed by atoms with E-state index in [0.717, 1.165) is 17.7 Å². The minimum Gasteiger partial charge on any atom is -0.269 e. The van der Waals surface area contributed by atoms with Crippen molar-refractivity contribution in [3.63, 3.8) is 0 Å². The summed E-state index contributed by atoms with van der Waals surface area (Å²) in [7, 11) is 0. The summed E-state index contributed by atoms with van der Waals surface area (Å²) in [5.74, 6) is -1.55. The summed E-state index contributed by atoms with van der Waals surface area (Å²) in [4.78, 5) is 34.4. The Labute approximate surface area is 93.5 Å². The SMILES string of the molecule is O=C1NC(=O)N(CCC2=CCCCC2)C1=O. The van der Waals surface area contributed by atoms with E-state index in [9.17, 15) is 14.4 Å². The van der Waals surface area contributed by atoms with E-state index in [1.165, 1.54) is 18.4 Å². The van der Waals surface area contributed by atoms with Crippen LogP contribution in [0.25, 0.3) is 0 Å². The molecule has 0 aromatic heterocycles. The second-order valence-corrected chi connectivity index (χ2v) is 4.07. The first-order valence-corrected chi connectivity index (χ1v) is 5.53. The molecule has 1 saturated heterocycles. The second-order valence-electron chi connectivity index (χ2n) is 4.07. The van der Waals surface area contributed by atoms with Crippen LogP contribution in [0.15, 0.2) is 11.6 Å². The summed E-state index contributed by atoms with van der Waals surface area (Å²) >= 11 is 0. The lowest BCUT2D eigenvalue weighted by Crippen LogP contribution is -2.32. The van der Waals surface area contributed by atoms with E-state index in [0.29, 0.717) is 13.0 Å². The molecule has 0 radical (unpaired) electrons. The lowest BCUT2D eigenvalue weighted by atomic mass is 9.97. The standard InChI is InChI=1S/C11H14N2O3/c14-9-10(15)13(11(16)12-9)7-6-8-4-2-1-3-5-8/h4H,1-3,5-7H2,(H,12,14,16). The average molecular weight is 222 g/mol. The number of nitrogens with zero attached hydrogens (tertiary/aromatic N) is 1. The fraction of sp³-hybridized carbons (Fsp3) is 0.545. The van der Waals surface area contributed by atoms with Gasteiger partial charge in [-0.3, -0.25) is 19.8 Å². The van der Waals surface area contributed by atoms with Crippen molar-refractivity contribution < 1.29 is 14.4 Å². The van der Waals surface area contributed by atoms with E-state index in [1.54, 1.807) is 0 Å². The predicted octanol–water partition coefficient (Wildman–Crippen LogP) is 0.955. The van der Waals surface area contributed by atoms with Crippen molar-refractivity contribution in [3.05, 3.63) is 11.6 Å². The van der Waals surface area contributed by atoms with Gasteiger partial charge in [0.1, 0.15) is 0 Å². The van der Waals surface area contributed by atoms with E-state index >= 15 is 0 Å². The van der Waals surface area contributed by atoms with E-state index < -0.39 is 17.8 Å².